The molecule has 17 heavy (non-hydrogen) atoms. The monoisotopic (exact) mass is 251 g/mol. The molecule has 0 spiro atoms. The highest BCUT2D eigenvalue weighted by atomic mass is 16.5. The number of hydrogen-bond acceptors (Lipinski definition) is 7. The Labute approximate surface area is 101 Å². The molecular weight excluding hydrogens is 232 g/mol. The molecule has 0 aromatic heterocycles. The van der Waals surface area contributed by atoms with E-state index in [9.17, 15) is 0 Å². The van der Waals surface area contributed by atoms with Crippen molar-refractivity contribution < 1.29 is 34.4 Å². The van der Waals surface area contributed by atoms with Gasteiger partial charge in [-0.25, -0.2) is 0 Å². The molecular formula is C10H19O7-3. The average molecular weight is 251 g/mol. The molecule has 0 bridgehead atoms. The minimum atomic E-state index is -1.08. The second-order valence-corrected chi connectivity index (χ2v) is 2.26. The molecule has 0 N–H and O–H groups in total. The highest BCUT2D eigenvalue weighted by Crippen LogP contribution is 1.64. The van der Waals surface area contributed by atoms with Gasteiger partial charge in [0.15, 0.2) is 0 Å². The number of hydrogen-bond donors (Lipinski definition) is 0. The fourth-order valence-corrected chi connectivity index (χ4v) is 0.204. The summed E-state index contributed by atoms with van der Waals surface area (Å²) in [6, 6.07) is 0. The summed E-state index contributed by atoms with van der Waals surface area (Å²) in [6.07, 6.45) is 0. The third-order valence-electron chi connectivity index (χ3n) is 0.408. The lowest BCUT2D eigenvalue weighted by molar-refractivity contribution is -0.303. The van der Waals surface area contributed by atoms with Gasteiger partial charge in [-0.05, 0) is 34.6 Å². The molecule has 0 aromatic carbocycles. The molecule has 7 nitrogen and oxygen atoms in total. The predicted molar refractivity (Wildman–Crippen MR) is 54.2 cm³/mol. The van der Waals surface area contributed by atoms with Crippen LogP contribution in [-0.2, 0) is 19.1 Å². The molecule has 0 saturated carbocycles. The zero-order valence-electron chi connectivity index (χ0n) is 10.8. The highest BCUT2D eigenvalue weighted by molar-refractivity contribution is 5.60. The molecule has 0 amide bonds. The van der Waals surface area contributed by atoms with Gasteiger partial charge >= 0.3 is 0 Å². The number of rotatable bonds is 2. The molecule has 0 unspecified atom stereocenters. The summed E-state index contributed by atoms with van der Waals surface area (Å²) < 4.78 is 4.83. The predicted octanol–water partition coefficient (Wildman–Crippen LogP) is -2.69. The minimum absolute atomic E-state index is 0.844. The van der Waals surface area contributed by atoms with Gasteiger partial charge in [-0.2, -0.15) is 0 Å². The standard InChI is InChI=1S/C4H10O.3C2H4O2/c1-3-5-4-2;3*1-2(3)4/h3-4H2,1-2H3;3*1H3,(H,3,4)/p-3. The Morgan fingerprint density at radius 3 is 0.882 bits per heavy atom. The summed E-state index contributed by atoms with van der Waals surface area (Å²) in [4.78, 5) is 26.7. The van der Waals surface area contributed by atoms with Gasteiger partial charge in [-0.1, -0.05) is 0 Å². The maximum atomic E-state index is 8.89. The summed E-state index contributed by atoms with van der Waals surface area (Å²) >= 11 is 0. The minimum Gasteiger partial charge on any atom is -0.550 e. The van der Waals surface area contributed by atoms with Crippen LogP contribution in [0.5, 0.6) is 0 Å². The maximum absolute atomic E-state index is 8.89. The number of carbonyl (C=O) groups excluding carboxylic acids is 3. The molecule has 104 valence electrons. The van der Waals surface area contributed by atoms with Crippen molar-refractivity contribution in [2.24, 2.45) is 0 Å². The van der Waals surface area contributed by atoms with E-state index in [1.54, 1.807) is 0 Å². The van der Waals surface area contributed by atoms with E-state index in [4.69, 9.17) is 34.4 Å². The van der Waals surface area contributed by atoms with Crippen LogP contribution >= 0.6 is 0 Å². The molecule has 0 aliphatic heterocycles. The van der Waals surface area contributed by atoms with Gasteiger partial charge in [-0.15, -0.1) is 0 Å². The molecule has 0 rings (SSSR count). The van der Waals surface area contributed by atoms with Gasteiger partial charge in [0.05, 0.1) is 0 Å². The smallest absolute Gasteiger partial charge is 0.0437 e. The first-order valence-electron chi connectivity index (χ1n) is 4.72. The normalized spacial score (nSPS) is 6.88. The lowest BCUT2D eigenvalue weighted by atomic mass is 10.8. The number of carbonyl (C=O) groups is 3. The van der Waals surface area contributed by atoms with Crippen molar-refractivity contribution in [1.29, 1.82) is 0 Å². The molecule has 0 radical (unpaired) electrons. The van der Waals surface area contributed by atoms with Gasteiger partial charge in [0, 0.05) is 31.1 Å². The third kappa shape index (κ3) is 16100. The Hall–Kier alpha value is -1.63. The molecule has 0 fully saturated rings. The van der Waals surface area contributed by atoms with E-state index >= 15 is 0 Å². The van der Waals surface area contributed by atoms with Crippen molar-refractivity contribution in [3.05, 3.63) is 0 Å². The van der Waals surface area contributed by atoms with Crippen LogP contribution in [0.25, 0.3) is 0 Å². The summed E-state index contributed by atoms with van der Waals surface area (Å²) in [6.45, 7) is 8.58. The van der Waals surface area contributed by atoms with Crippen LogP contribution < -0.4 is 15.3 Å². The van der Waals surface area contributed by atoms with Crippen molar-refractivity contribution in [2.45, 2.75) is 34.6 Å². The van der Waals surface area contributed by atoms with Crippen molar-refractivity contribution in [1.82, 2.24) is 0 Å². The quantitative estimate of drug-likeness (QED) is 0.522. The van der Waals surface area contributed by atoms with Crippen molar-refractivity contribution in [2.75, 3.05) is 13.2 Å². The average Bonchev–Trinajstić information content (AvgIpc) is 2.01. The fraction of sp³-hybridized carbons (Fsp3) is 0.700. The van der Waals surface area contributed by atoms with Gasteiger partial charge in [-0.3, -0.25) is 0 Å². The van der Waals surface area contributed by atoms with Crippen LogP contribution in [0.1, 0.15) is 34.6 Å². The fourth-order valence-electron chi connectivity index (χ4n) is 0.204. The maximum Gasteiger partial charge on any atom is 0.0437 e. The van der Waals surface area contributed by atoms with Crippen LogP contribution in [0.3, 0.4) is 0 Å². The summed E-state index contributed by atoms with van der Waals surface area (Å²) in [7, 11) is 0. The second-order valence-electron chi connectivity index (χ2n) is 2.26. The van der Waals surface area contributed by atoms with Crippen molar-refractivity contribution in [3.8, 4) is 0 Å². The molecule has 7 heteroatoms. The third-order valence-corrected chi connectivity index (χ3v) is 0.408. The van der Waals surface area contributed by atoms with E-state index in [-0.39, 0.29) is 0 Å². The van der Waals surface area contributed by atoms with Crippen molar-refractivity contribution >= 4 is 17.9 Å². The SMILES string of the molecule is CC(=O)[O-].CC(=O)[O-].CC(=O)[O-].CCOCC. The molecule has 0 aromatic rings. The Morgan fingerprint density at radius 1 is 0.765 bits per heavy atom. The lowest BCUT2D eigenvalue weighted by Gasteiger charge is -1.86. The zero-order chi connectivity index (χ0) is 14.9. The molecule has 0 aliphatic carbocycles. The topological polar surface area (TPSA) is 130 Å². The number of carboxylic acid groups (broad SMARTS) is 3. The van der Waals surface area contributed by atoms with E-state index in [1.165, 1.54) is 0 Å². The van der Waals surface area contributed by atoms with E-state index in [2.05, 4.69) is 0 Å². The first-order valence-corrected chi connectivity index (χ1v) is 4.72. The first kappa shape index (κ1) is 24.6. The molecule has 0 heterocycles. The number of aliphatic carboxylic acids is 3. The van der Waals surface area contributed by atoms with E-state index in [0.717, 1.165) is 34.0 Å². The van der Waals surface area contributed by atoms with Crippen LogP contribution in [0, 0.1) is 0 Å². The Kier molecular flexibility index (Phi) is 34.5. The molecule has 0 saturated heterocycles. The second kappa shape index (κ2) is 23.9. The van der Waals surface area contributed by atoms with E-state index in [0.29, 0.717) is 0 Å². The lowest BCUT2D eigenvalue weighted by Crippen LogP contribution is -2.16. The van der Waals surface area contributed by atoms with Crippen LogP contribution in [0.2, 0.25) is 0 Å². The number of ether oxygens (including phenoxy) is 1. The molecule has 0 aliphatic rings. The number of carboxylic acids is 3. The van der Waals surface area contributed by atoms with Gasteiger partial charge in [0.1, 0.15) is 0 Å². The summed E-state index contributed by atoms with van der Waals surface area (Å²) in [5.74, 6) is -3.25. The first-order chi connectivity index (χ1) is 7.61. The molecule has 0 atom stereocenters. The van der Waals surface area contributed by atoms with Crippen LogP contribution in [0.4, 0.5) is 0 Å². The van der Waals surface area contributed by atoms with Gasteiger partial charge in [0.2, 0.25) is 0 Å². The summed E-state index contributed by atoms with van der Waals surface area (Å²) in [5.41, 5.74) is 0. The van der Waals surface area contributed by atoms with Crippen LogP contribution in [-0.4, -0.2) is 31.1 Å². The summed E-state index contributed by atoms with van der Waals surface area (Å²) in [5, 5.41) is 26.7. The van der Waals surface area contributed by atoms with Gasteiger partial charge in [0.25, 0.3) is 0 Å². The Balaban J connectivity index is -0.0000000667. The highest BCUT2D eigenvalue weighted by Gasteiger charge is 1.64. The Morgan fingerprint density at radius 2 is 0.882 bits per heavy atom. The van der Waals surface area contributed by atoms with Gasteiger partial charge < -0.3 is 34.4 Å². The van der Waals surface area contributed by atoms with Crippen LogP contribution in [0.15, 0.2) is 0 Å². The Bertz CT molecular complexity index is 147. The largest absolute Gasteiger partial charge is 0.550 e. The van der Waals surface area contributed by atoms with E-state index < -0.39 is 17.9 Å². The van der Waals surface area contributed by atoms with Crippen molar-refractivity contribution in [3.63, 3.8) is 0 Å². The zero-order valence-corrected chi connectivity index (χ0v) is 10.8. The van der Waals surface area contributed by atoms with E-state index in [1.807, 2.05) is 13.8 Å².